The zero-order valence-electron chi connectivity index (χ0n) is 13.4. The van der Waals surface area contributed by atoms with Crippen LogP contribution in [0.2, 0.25) is 0 Å². The van der Waals surface area contributed by atoms with Crippen LogP contribution in [0, 0.1) is 0 Å². The number of hydrogen-bond acceptors (Lipinski definition) is 6. The van der Waals surface area contributed by atoms with Gasteiger partial charge in [0.15, 0.2) is 5.65 Å². The van der Waals surface area contributed by atoms with E-state index in [4.69, 9.17) is 4.74 Å². The lowest BCUT2D eigenvalue weighted by molar-refractivity contribution is 0.0528. The second kappa shape index (κ2) is 7.11. The van der Waals surface area contributed by atoms with Crippen molar-refractivity contribution in [3.05, 3.63) is 29.7 Å². The van der Waals surface area contributed by atoms with Gasteiger partial charge >= 0.3 is 5.97 Å². The van der Waals surface area contributed by atoms with Crippen LogP contribution in [0.4, 0.5) is 0 Å². The molecule has 22 heavy (non-hydrogen) atoms. The number of esters is 1. The van der Waals surface area contributed by atoms with Crippen molar-refractivity contribution in [3.63, 3.8) is 0 Å². The number of carbonyl (C=O) groups is 1. The fourth-order valence-electron chi connectivity index (χ4n) is 1.94. The summed E-state index contributed by atoms with van der Waals surface area (Å²) >= 11 is 1.83. The summed E-state index contributed by atoms with van der Waals surface area (Å²) in [5.74, 6) is -0.391. The number of thioether (sulfide) groups is 1. The van der Waals surface area contributed by atoms with E-state index in [2.05, 4.69) is 35.5 Å². The van der Waals surface area contributed by atoms with E-state index in [0.29, 0.717) is 24.4 Å². The number of ether oxygens (including phenoxy) is 1. The zero-order valence-corrected chi connectivity index (χ0v) is 14.2. The van der Waals surface area contributed by atoms with Crippen LogP contribution in [0.15, 0.2) is 18.6 Å². The van der Waals surface area contributed by atoms with Crippen molar-refractivity contribution in [2.75, 3.05) is 19.4 Å². The van der Waals surface area contributed by atoms with Gasteiger partial charge < -0.3 is 10.1 Å². The molecule has 2 heterocycles. The summed E-state index contributed by atoms with van der Waals surface area (Å²) < 4.78 is 6.80. The molecule has 0 bridgehead atoms. The lowest BCUT2D eigenvalue weighted by Crippen LogP contribution is -2.31. The molecule has 0 atom stereocenters. The van der Waals surface area contributed by atoms with Crippen LogP contribution in [-0.2, 0) is 11.3 Å². The lowest BCUT2D eigenvalue weighted by atomic mass is 10.2. The molecule has 7 heteroatoms. The molecule has 120 valence electrons. The first-order valence-electron chi connectivity index (χ1n) is 7.22. The van der Waals surface area contributed by atoms with Crippen LogP contribution in [0.25, 0.3) is 5.65 Å². The summed E-state index contributed by atoms with van der Waals surface area (Å²) in [6.07, 6.45) is 7.24. The van der Waals surface area contributed by atoms with Crippen molar-refractivity contribution in [2.24, 2.45) is 0 Å². The molecule has 0 radical (unpaired) electrons. The number of hydrogen-bond donors (Lipinski definition) is 1. The number of nitrogens with one attached hydrogen (secondary N) is 1. The highest BCUT2D eigenvalue weighted by molar-refractivity contribution is 7.99. The Morgan fingerprint density at radius 3 is 2.91 bits per heavy atom. The van der Waals surface area contributed by atoms with E-state index in [1.165, 1.54) is 6.20 Å². The first-order chi connectivity index (χ1) is 10.5. The highest BCUT2D eigenvalue weighted by Gasteiger charge is 2.16. The predicted molar refractivity (Wildman–Crippen MR) is 88.2 cm³/mol. The molecule has 0 aliphatic heterocycles. The highest BCUT2D eigenvalue weighted by Crippen LogP contribution is 2.19. The normalized spacial score (nSPS) is 11.8. The van der Waals surface area contributed by atoms with E-state index in [1.807, 2.05) is 18.0 Å². The van der Waals surface area contributed by atoms with Gasteiger partial charge in [-0.25, -0.2) is 14.3 Å². The Bertz CT molecular complexity index is 654. The summed E-state index contributed by atoms with van der Waals surface area (Å²) in [6.45, 7) is 8.12. The molecule has 0 aromatic carbocycles. The largest absolute Gasteiger partial charge is 0.462 e. The van der Waals surface area contributed by atoms with E-state index in [0.717, 1.165) is 12.1 Å². The van der Waals surface area contributed by atoms with Crippen molar-refractivity contribution in [1.29, 1.82) is 0 Å². The van der Waals surface area contributed by atoms with Crippen LogP contribution in [-0.4, -0.2) is 44.7 Å². The van der Waals surface area contributed by atoms with E-state index in [1.54, 1.807) is 17.6 Å². The Labute approximate surface area is 134 Å². The average molecular weight is 322 g/mol. The first-order valence-corrected chi connectivity index (χ1v) is 8.44. The minimum absolute atomic E-state index is 0.195. The van der Waals surface area contributed by atoms with Gasteiger partial charge in [-0.1, -0.05) is 0 Å². The first kappa shape index (κ1) is 16.8. The van der Waals surface area contributed by atoms with Gasteiger partial charge in [0, 0.05) is 35.8 Å². The van der Waals surface area contributed by atoms with Gasteiger partial charge in [0.1, 0.15) is 5.56 Å². The van der Waals surface area contributed by atoms with Crippen LogP contribution >= 0.6 is 11.8 Å². The number of aromatic nitrogens is 3. The Balaban J connectivity index is 2.07. The van der Waals surface area contributed by atoms with Crippen molar-refractivity contribution in [2.45, 2.75) is 32.1 Å². The summed E-state index contributed by atoms with van der Waals surface area (Å²) in [5.41, 5.74) is 1.93. The standard InChI is InChI=1S/C15H22N4O2S/c1-5-21-14(20)12-8-18-19-9-11(7-17-13(12)19)6-16-10-15(2,3)22-4/h7-9,16H,5-6,10H2,1-4H3. The molecule has 0 aliphatic rings. The molecule has 0 aliphatic carbocycles. The fraction of sp³-hybridized carbons (Fsp3) is 0.533. The maximum absolute atomic E-state index is 11.8. The summed E-state index contributed by atoms with van der Waals surface area (Å²) in [6, 6.07) is 0. The predicted octanol–water partition coefficient (Wildman–Crippen LogP) is 2.14. The monoisotopic (exact) mass is 322 g/mol. The lowest BCUT2D eigenvalue weighted by Gasteiger charge is -2.22. The molecule has 0 fully saturated rings. The molecule has 1 N–H and O–H groups in total. The number of fused-ring (bicyclic) bond motifs is 1. The molecule has 2 rings (SSSR count). The fourth-order valence-corrected chi connectivity index (χ4v) is 2.18. The van der Waals surface area contributed by atoms with Gasteiger partial charge in [-0.2, -0.15) is 16.9 Å². The van der Waals surface area contributed by atoms with Crippen molar-refractivity contribution < 1.29 is 9.53 Å². The Morgan fingerprint density at radius 1 is 1.45 bits per heavy atom. The maximum atomic E-state index is 11.8. The molecule has 2 aromatic rings. The van der Waals surface area contributed by atoms with Crippen LogP contribution in [0.1, 0.15) is 36.7 Å². The molecule has 0 unspecified atom stereocenters. The van der Waals surface area contributed by atoms with E-state index >= 15 is 0 Å². The third kappa shape index (κ3) is 3.98. The quantitative estimate of drug-likeness (QED) is 0.788. The van der Waals surface area contributed by atoms with Gasteiger partial charge in [-0.15, -0.1) is 0 Å². The summed E-state index contributed by atoms with van der Waals surface area (Å²) in [4.78, 5) is 16.1. The second-order valence-electron chi connectivity index (χ2n) is 5.58. The van der Waals surface area contributed by atoms with Gasteiger partial charge in [-0.3, -0.25) is 0 Å². The second-order valence-corrected chi connectivity index (χ2v) is 7.09. The van der Waals surface area contributed by atoms with Gasteiger partial charge in [0.05, 0.1) is 12.8 Å². The van der Waals surface area contributed by atoms with Gasteiger partial charge in [-0.05, 0) is 27.0 Å². The van der Waals surface area contributed by atoms with E-state index in [-0.39, 0.29) is 4.75 Å². The highest BCUT2D eigenvalue weighted by atomic mass is 32.2. The molecule has 0 amide bonds. The molecule has 0 saturated heterocycles. The molecule has 2 aromatic heterocycles. The summed E-state index contributed by atoms with van der Waals surface area (Å²) in [5, 5.41) is 7.59. The van der Waals surface area contributed by atoms with Crippen molar-refractivity contribution in [1.82, 2.24) is 19.9 Å². The number of rotatable bonds is 7. The third-order valence-corrected chi connectivity index (χ3v) is 4.59. The van der Waals surface area contributed by atoms with Gasteiger partial charge in [0.2, 0.25) is 0 Å². The van der Waals surface area contributed by atoms with Crippen LogP contribution in [0.5, 0.6) is 0 Å². The topological polar surface area (TPSA) is 68.5 Å². The Hall–Kier alpha value is -1.60. The maximum Gasteiger partial charge on any atom is 0.343 e. The Morgan fingerprint density at radius 2 is 2.23 bits per heavy atom. The SMILES string of the molecule is CCOC(=O)c1cnn2cc(CNCC(C)(C)SC)cnc12. The zero-order chi connectivity index (χ0) is 16.2. The minimum Gasteiger partial charge on any atom is -0.462 e. The number of nitrogens with zero attached hydrogens (tertiary/aromatic N) is 3. The van der Waals surface area contributed by atoms with Crippen molar-refractivity contribution >= 4 is 23.4 Å². The van der Waals surface area contributed by atoms with Gasteiger partial charge in [0.25, 0.3) is 0 Å². The van der Waals surface area contributed by atoms with Crippen LogP contribution in [0.3, 0.4) is 0 Å². The summed E-state index contributed by atoms with van der Waals surface area (Å²) in [7, 11) is 0. The number of carbonyl (C=O) groups excluding carboxylic acids is 1. The molecule has 6 nitrogen and oxygen atoms in total. The van der Waals surface area contributed by atoms with E-state index < -0.39 is 5.97 Å². The van der Waals surface area contributed by atoms with E-state index in [9.17, 15) is 4.79 Å². The van der Waals surface area contributed by atoms with Crippen molar-refractivity contribution in [3.8, 4) is 0 Å². The minimum atomic E-state index is -0.391. The third-order valence-electron chi connectivity index (χ3n) is 3.34. The molecular formula is C15H22N4O2S. The molecular weight excluding hydrogens is 300 g/mol. The Kier molecular flexibility index (Phi) is 5.42. The van der Waals surface area contributed by atoms with Crippen LogP contribution < -0.4 is 5.32 Å². The average Bonchev–Trinajstić information content (AvgIpc) is 2.90. The smallest absolute Gasteiger partial charge is 0.343 e. The molecule has 0 saturated carbocycles. The molecule has 0 spiro atoms.